The second kappa shape index (κ2) is 13.8. The minimum Gasteiger partial charge on any atom is -0.309 e. The lowest BCUT2D eigenvalue weighted by molar-refractivity contribution is 1.00. The van der Waals surface area contributed by atoms with Gasteiger partial charge in [0.05, 0.1) is 22.1 Å². The Bertz CT molecular complexity index is 3730. The lowest BCUT2D eigenvalue weighted by Crippen LogP contribution is -1.99. The molecule has 0 radical (unpaired) electrons. The maximum absolute atomic E-state index is 2.46. The molecule has 1 aliphatic rings. The minimum absolute atomic E-state index is 1.08. The SMILES string of the molecule is C1=Cc2c(c3ccc(-n4c5ccccc5c5cc(-c6ccc7c(c6)c6ccccc6n7-c6cc(-c7ccccc7)cc(-c7ccccc7)c6)ccc54)cc3c3ccccc23)CC1. The summed E-state index contributed by atoms with van der Waals surface area (Å²) in [6.07, 6.45) is 6.82. The first kappa shape index (κ1) is 34.9. The minimum atomic E-state index is 1.08. The van der Waals surface area contributed by atoms with Crippen molar-refractivity contribution in [1.82, 2.24) is 9.13 Å². The van der Waals surface area contributed by atoms with Crippen molar-refractivity contribution in [3.63, 3.8) is 0 Å². The van der Waals surface area contributed by atoms with E-state index in [0.717, 1.165) is 18.5 Å². The van der Waals surface area contributed by atoms with Crippen LogP contribution < -0.4 is 0 Å². The quantitative estimate of drug-likeness (QED) is 0.154. The molecule has 0 N–H and O–H groups in total. The zero-order valence-electron chi connectivity index (χ0n) is 34.1. The van der Waals surface area contributed by atoms with Crippen LogP contribution in [0.1, 0.15) is 17.5 Å². The third-order valence-electron chi connectivity index (χ3n) is 13.3. The van der Waals surface area contributed by atoms with Crippen LogP contribution in [0.4, 0.5) is 0 Å². The Hall–Kier alpha value is -7.94. The smallest absolute Gasteiger partial charge is 0.0541 e. The van der Waals surface area contributed by atoms with Crippen molar-refractivity contribution in [3.05, 3.63) is 223 Å². The number of fused-ring (bicyclic) bond motifs is 12. The van der Waals surface area contributed by atoms with Crippen LogP contribution >= 0.6 is 0 Å². The molecule has 2 heterocycles. The lowest BCUT2D eigenvalue weighted by atomic mass is 9.86. The highest BCUT2D eigenvalue weighted by molar-refractivity contribution is 6.15. The summed E-state index contributed by atoms with van der Waals surface area (Å²) in [5, 5.41) is 10.4. The van der Waals surface area contributed by atoms with Crippen molar-refractivity contribution in [2.24, 2.45) is 0 Å². The van der Waals surface area contributed by atoms with E-state index in [-0.39, 0.29) is 0 Å². The number of rotatable bonds is 5. The topological polar surface area (TPSA) is 9.86 Å². The zero-order valence-corrected chi connectivity index (χ0v) is 34.1. The lowest BCUT2D eigenvalue weighted by Gasteiger charge is -2.19. The number of benzene rings is 10. The Morgan fingerprint density at radius 1 is 0.290 bits per heavy atom. The summed E-state index contributed by atoms with van der Waals surface area (Å²) in [5.41, 5.74) is 17.2. The Balaban J connectivity index is 0.974. The van der Waals surface area contributed by atoms with Gasteiger partial charge in [-0.25, -0.2) is 0 Å². The largest absolute Gasteiger partial charge is 0.309 e. The van der Waals surface area contributed by atoms with Gasteiger partial charge in [-0.15, -0.1) is 0 Å². The van der Waals surface area contributed by atoms with Crippen molar-refractivity contribution >= 4 is 71.2 Å². The number of aromatic nitrogens is 2. The van der Waals surface area contributed by atoms with Gasteiger partial charge in [-0.1, -0.05) is 152 Å². The number of aryl methyl sites for hydroxylation is 1. The van der Waals surface area contributed by atoms with Gasteiger partial charge in [-0.2, -0.15) is 0 Å². The summed E-state index contributed by atoms with van der Waals surface area (Å²) in [6, 6.07) is 76.3. The fourth-order valence-corrected chi connectivity index (χ4v) is 10.5. The van der Waals surface area contributed by atoms with E-state index in [2.05, 4.69) is 228 Å². The van der Waals surface area contributed by atoms with E-state index in [1.807, 2.05) is 0 Å². The standard InChI is InChI=1S/C60H40N2/c1-3-15-39(16-4-1)43-33-44(40-17-5-2-6-18-40)35-46(34-43)62-58-26-14-12-24-53(58)56-37-42(28-32-60(56)62)41-27-31-59-55(36-41)52-23-11-13-25-57(52)61(59)45-29-30-51-49-21-8-7-19-47(49)48-20-9-10-22-50(48)54(51)38-45/h1-7,9-20,22-38H,8,21H2. The van der Waals surface area contributed by atoms with Gasteiger partial charge in [0.2, 0.25) is 0 Å². The molecule has 290 valence electrons. The van der Waals surface area contributed by atoms with E-state index in [9.17, 15) is 0 Å². The number of hydrogen-bond acceptors (Lipinski definition) is 0. The second-order valence-electron chi connectivity index (χ2n) is 16.8. The highest BCUT2D eigenvalue weighted by Gasteiger charge is 2.19. The highest BCUT2D eigenvalue weighted by Crippen LogP contribution is 2.42. The maximum Gasteiger partial charge on any atom is 0.0541 e. The molecule has 0 saturated heterocycles. The van der Waals surface area contributed by atoms with E-state index in [4.69, 9.17) is 0 Å². The molecule has 0 unspecified atom stereocenters. The molecule has 0 spiro atoms. The summed E-state index contributed by atoms with van der Waals surface area (Å²) >= 11 is 0. The van der Waals surface area contributed by atoms with Gasteiger partial charge in [0.15, 0.2) is 0 Å². The molecule has 62 heavy (non-hydrogen) atoms. The number of allylic oxidation sites excluding steroid dienone is 1. The average Bonchev–Trinajstić information content (AvgIpc) is 3.86. The molecular formula is C60H40N2. The highest BCUT2D eigenvalue weighted by atomic mass is 15.0. The van der Waals surface area contributed by atoms with Crippen molar-refractivity contribution < 1.29 is 0 Å². The van der Waals surface area contributed by atoms with Crippen molar-refractivity contribution in [2.75, 3.05) is 0 Å². The number of nitrogens with zero attached hydrogens (tertiary/aromatic N) is 2. The third-order valence-corrected chi connectivity index (χ3v) is 13.3. The first-order chi connectivity index (χ1) is 30.7. The van der Waals surface area contributed by atoms with Gasteiger partial charge in [0.25, 0.3) is 0 Å². The average molecular weight is 789 g/mol. The van der Waals surface area contributed by atoms with Crippen LogP contribution in [0.2, 0.25) is 0 Å². The second-order valence-corrected chi connectivity index (χ2v) is 16.8. The molecule has 1 aliphatic carbocycles. The summed E-state index contributed by atoms with van der Waals surface area (Å²) in [7, 11) is 0. The predicted octanol–water partition coefficient (Wildman–Crippen LogP) is 16.1. The van der Waals surface area contributed by atoms with Gasteiger partial charge in [-0.05, 0) is 146 Å². The molecule has 0 atom stereocenters. The van der Waals surface area contributed by atoms with E-state index >= 15 is 0 Å². The van der Waals surface area contributed by atoms with Gasteiger partial charge in [0, 0.05) is 32.9 Å². The van der Waals surface area contributed by atoms with Gasteiger partial charge < -0.3 is 9.13 Å². The van der Waals surface area contributed by atoms with Crippen LogP contribution in [0.25, 0.3) is 116 Å². The molecule has 0 saturated carbocycles. The van der Waals surface area contributed by atoms with E-state index < -0.39 is 0 Å². The van der Waals surface area contributed by atoms with Gasteiger partial charge in [0.1, 0.15) is 0 Å². The van der Waals surface area contributed by atoms with Gasteiger partial charge in [-0.3, -0.25) is 0 Å². The van der Waals surface area contributed by atoms with Crippen LogP contribution in [0, 0.1) is 0 Å². The van der Waals surface area contributed by atoms with Crippen LogP contribution in [0.15, 0.2) is 212 Å². The first-order valence-electron chi connectivity index (χ1n) is 21.7. The first-order valence-corrected chi connectivity index (χ1v) is 21.7. The van der Waals surface area contributed by atoms with Crippen LogP contribution in [0.5, 0.6) is 0 Å². The summed E-state index contributed by atoms with van der Waals surface area (Å²) in [4.78, 5) is 0. The molecule has 0 bridgehead atoms. The molecule has 2 aromatic heterocycles. The fourth-order valence-electron chi connectivity index (χ4n) is 10.5. The van der Waals surface area contributed by atoms with E-state index in [0.29, 0.717) is 0 Å². The number of hydrogen-bond donors (Lipinski definition) is 0. The summed E-state index contributed by atoms with van der Waals surface area (Å²) in [5.74, 6) is 0. The molecular weight excluding hydrogens is 749 g/mol. The molecule has 10 aromatic carbocycles. The van der Waals surface area contributed by atoms with Crippen LogP contribution in [-0.2, 0) is 6.42 Å². The van der Waals surface area contributed by atoms with Crippen molar-refractivity contribution in [1.29, 1.82) is 0 Å². The fraction of sp³-hybridized carbons (Fsp3) is 0.0333. The third kappa shape index (κ3) is 5.36. The van der Waals surface area contributed by atoms with Crippen LogP contribution in [0.3, 0.4) is 0 Å². The van der Waals surface area contributed by atoms with Crippen LogP contribution in [-0.4, -0.2) is 9.13 Å². The van der Waals surface area contributed by atoms with E-state index in [1.54, 1.807) is 0 Å². The van der Waals surface area contributed by atoms with Gasteiger partial charge >= 0.3 is 0 Å². The Morgan fingerprint density at radius 3 is 1.42 bits per heavy atom. The Kier molecular flexibility index (Phi) is 7.77. The zero-order chi connectivity index (χ0) is 40.7. The molecule has 2 nitrogen and oxygen atoms in total. The molecule has 0 fully saturated rings. The molecule has 13 rings (SSSR count). The summed E-state index contributed by atoms with van der Waals surface area (Å²) in [6.45, 7) is 0. The molecule has 12 aromatic rings. The van der Waals surface area contributed by atoms with Crippen molar-refractivity contribution in [3.8, 4) is 44.8 Å². The van der Waals surface area contributed by atoms with Crippen molar-refractivity contribution in [2.45, 2.75) is 12.8 Å². The molecule has 0 amide bonds. The summed E-state index contributed by atoms with van der Waals surface area (Å²) < 4.78 is 4.91. The number of para-hydroxylation sites is 2. The molecule has 0 aliphatic heterocycles. The Labute approximate surface area is 359 Å². The maximum atomic E-state index is 2.46. The van der Waals surface area contributed by atoms with E-state index in [1.165, 1.54) is 115 Å². The normalized spacial score (nSPS) is 12.6. The Morgan fingerprint density at radius 2 is 0.806 bits per heavy atom. The monoisotopic (exact) mass is 788 g/mol. The predicted molar refractivity (Wildman–Crippen MR) is 264 cm³/mol. The molecule has 2 heteroatoms.